The van der Waals surface area contributed by atoms with Crippen molar-refractivity contribution < 1.29 is 23.9 Å². The number of ketones is 1. The molecule has 1 aromatic heterocycles. The van der Waals surface area contributed by atoms with E-state index >= 15 is 0 Å². The van der Waals surface area contributed by atoms with Gasteiger partial charge in [-0.15, -0.1) is 0 Å². The summed E-state index contributed by atoms with van der Waals surface area (Å²) in [6.45, 7) is 6.76. The fourth-order valence-corrected chi connectivity index (χ4v) is 2.84. The fraction of sp³-hybridized carbons (Fsp3) is 0.286. The first-order valence-corrected chi connectivity index (χ1v) is 9.17. The predicted octanol–water partition coefficient (Wildman–Crippen LogP) is 4.29. The Kier molecular flexibility index (Phi) is 7.18. The van der Waals surface area contributed by atoms with Gasteiger partial charge in [0.1, 0.15) is 0 Å². The van der Waals surface area contributed by atoms with Gasteiger partial charge < -0.3 is 14.5 Å². The van der Waals surface area contributed by atoms with Gasteiger partial charge in [-0.25, -0.2) is 9.59 Å². The van der Waals surface area contributed by atoms with Crippen LogP contribution < -0.4 is 0 Å². The van der Waals surface area contributed by atoms with Gasteiger partial charge >= 0.3 is 11.9 Å². The van der Waals surface area contributed by atoms with Gasteiger partial charge in [0.15, 0.2) is 6.10 Å². The maximum atomic E-state index is 12.7. The molecule has 6 nitrogen and oxygen atoms in total. The summed E-state index contributed by atoms with van der Waals surface area (Å²) in [7, 11) is 0. The summed E-state index contributed by atoms with van der Waals surface area (Å²) >= 11 is 5.81. The average molecular weight is 404 g/mol. The predicted molar refractivity (Wildman–Crippen MR) is 107 cm³/mol. The number of hydrogen-bond acceptors (Lipinski definition) is 5. The summed E-state index contributed by atoms with van der Waals surface area (Å²) in [6.07, 6.45) is 1.79. The van der Waals surface area contributed by atoms with Crippen LogP contribution in [0, 0.1) is 13.8 Å². The van der Waals surface area contributed by atoms with Gasteiger partial charge in [0.2, 0.25) is 5.78 Å². The van der Waals surface area contributed by atoms with Crippen LogP contribution in [0.25, 0.3) is 6.08 Å². The average Bonchev–Trinajstić information content (AvgIpc) is 2.95. The highest BCUT2D eigenvalue weighted by molar-refractivity contribution is 6.30. The van der Waals surface area contributed by atoms with Gasteiger partial charge in [-0.2, -0.15) is 0 Å². The summed E-state index contributed by atoms with van der Waals surface area (Å²) in [4.78, 5) is 39.6. The van der Waals surface area contributed by atoms with Crippen LogP contribution in [-0.2, 0) is 14.3 Å². The molecule has 1 heterocycles. The summed E-state index contributed by atoms with van der Waals surface area (Å²) in [5.74, 6) is -1.57. The molecule has 2 rings (SSSR count). The number of aryl methyl sites for hydroxylation is 1. The molecular formula is C21H22ClNO5. The molecule has 1 N–H and O–H groups in total. The number of aromatic amines is 1. The van der Waals surface area contributed by atoms with Crippen LogP contribution in [0.1, 0.15) is 51.5 Å². The second-order valence-electron chi connectivity index (χ2n) is 6.17. The second kappa shape index (κ2) is 9.37. The summed E-state index contributed by atoms with van der Waals surface area (Å²) in [6, 6.07) is 6.91. The van der Waals surface area contributed by atoms with Gasteiger partial charge in [-0.3, -0.25) is 4.79 Å². The van der Waals surface area contributed by atoms with Crippen molar-refractivity contribution in [1.82, 2.24) is 4.98 Å². The van der Waals surface area contributed by atoms with Gasteiger partial charge in [0.05, 0.1) is 17.9 Å². The zero-order valence-corrected chi connectivity index (χ0v) is 16.9. The molecule has 0 aliphatic heterocycles. The highest BCUT2D eigenvalue weighted by atomic mass is 35.5. The van der Waals surface area contributed by atoms with Crippen LogP contribution >= 0.6 is 11.6 Å². The van der Waals surface area contributed by atoms with Crippen LogP contribution in [0.3, 0.4) is 0 Å². The van der Waals surface area contributed by atoms with Crippen molar-refractivity contribution in [1.29, 1.82) is 0 Å². The van der Waals surface area contributed by atoms with Crippen molar-refractivity contribution in [3.63, 3.8) is 0 Å². The van der Waals surface area contributed by atoms with Gasteiger partial charge in [-0.05, 0) is 57.0 Å². The number of hydrogen-bond donors (Lipinski definition) is 1. The van der Waals surface area contributed by atoms with Crippen LogP contribution in [0.4, 0.5) is 0 Å². The second-order valence-corrected chi connectivity index (χ2v) is 6.61. The number of esters is 2. The van der Waals surface area contributed by atoms with E-state index in [0.717, 1.165) is 5.56 Å². The zero-order chi connectivity index (χ0) is 20.8. The monoisotopic (exact) mass is 403 g/mol. The molecule has 0 fully saturated rings. The highest BCUT2D eigenvalue weighted by Gasteiger charge is 2.27. The van der Waals surface area contributed by atoms with Gasteiger partial charge in [-0.1, -0.05) is 23.7 Å². The Hall–Kier alpha value is -2.86. The number of ether oxygens (including phenoxy) is 2. The lowest BCUT2D eigenvalue weighted by Gasteiger charge is -2.10. The molecule has 148 valence electrons. The zero-order valence-electron chi connectivity index (χ0n) is 16.2. The Morgan fingerprint density at radius 2 is 1.82 bits per heavy atom. The fourth-order valence-electron chi connectivity index (χ4n) is 2.71. The number of benzene rings is 1. The summed E-state index contributed by atoms with van der Waals surface area (Å²) in [5.41, 5.74) is 2.32. The van der Waals surface area contributed by atoms with Crippen molar-refractivity contribution >= 4 is 35.4 Å². The maximum absolute atomic E-state index is 12.7. The molecule has 7 heteroatoms. The molecule has 0 unspecified atom stereocenters. The normalized spacial score (nSPS) is 12.0. The molecule has 1 aromatic carbocycles. The molecule has 2 aromatic rings. The van der Waals surface area contributed by atoms with Gasteiger partial charge in [0, 0.05) is 16.8 Å². The van der Waals surface area contributed by atoms with Crippen molar-refractivity contribution in [2.45, 2.75) is 33.8 Å². The lowest BCUT2D eigenvalue weighted by molar-refractivity contribution is -0.140. The third-order valence-corrected chi connectivity index (χ3v) is 4.36. The number of nitrogens with one attached hydrogen (secondary N) is 1. The number of rotatable bonds is 7. The molecular weight excluding hydrogens is 382 g/mol. The first kappa shape index (κ1) is 21.4. The Labute approximate surface area is 168 Å². The topological polar surface area (TPSA) is 85.5 Å². The number of carbonyl (C=O) groups is 3. The van der Waals surface area contributed by atoms with Crippen LogP contribution in [0.15, 0.2) is 30.3 Å². The molecule has 0 amide bonds. The number of halogens is 1. The smallest absolute Gasteiger partial charge is 0.340 e. The molecule has 0 aliphatic carbocycles. The first-order chi connectivity index (χ1) is 13.2. The van der Waals surface area contributed by atoms with Crippen molar-refractivity contribution in [2.75, 3.05) is 6.61 Å². The Balaban J connectivity index is 2.08. The molecule has 0 aliphatic rings. The van der Waals surface area contributed by atoms with Crippen molar-refractivity contribution in [3.05, 3.63) is 63.4 Å². The van der Waals surface area contributed by atoms with Crippen LogP contribution in [0.5, 0.6) is 0 Å². The summed E-state index contributed by atoms with van der Waals surface area (Å²) in [5, 5.41) is 0.595. The minimum Gasteiger partial charge on any atom is -0.462 e. The third-order valence-electron chi connectivity index (χ3n) is 4.11. The lowest BCUT2D eigenvalue weighted by Crippen LogP contribution is -2.24. The number of H-pyrrole nitrogens is 1. The maximum Gasteiger partial charge on any atom is 0.340 e. The summed E-state index contributed by atoms with van der Waals surface area (Å²) < 4.78 is 10.2. The van der Waals surface area contributed by atoms with E-state index in [9.17, 15) is 14.4 Å². The molecule has 0 bridgehead atoms. The van der Waals surface area contributed by atoms with E-state index in [1.165, 1.54) is 13.0 Å². The third kappa shape index (κ3) is 5.10. The van der Waals surface area contributed by atoms with E-state index in [-0.39, 0.29) is 12.3 Å². The van der Waals surface area contributed by atoms with E-state index in [2.05, 4.69) is 4.98 Å². The van der Waals surface area contributed by atoms with Crippen LogP contribution in [0.2, 0.25) is 5.02 Å². The molecule has 0 radical (unpaired) electrons. The van der Waals surface area contributed by atoms with Crippen molar-refractivity contribution in [2.24, 2.45) is 0 Å². The largest absolute Gasteiger partial charge is 0.462 e. The minimum absolute atomic E-state index is 0.225. The highest BCUT2D eigenvalue weighted by Crippen LogP contribution is 2.21. The lowest BCUT2D eigenvalue weighted by atomic mass is 10.1. The van der Waals surface area contributed by atoms with E-state index in [4.69, 9.17) is 21.1 Å². The molecule has 0 saturated heterocycles. The van der Waals surface area contributed by atoms with E-state index < -0.39 is 23.8 Å². The Morgan fingerprint density at radius 3 is 2.43 bits per heavy atom. The van der Waals surface area contributed by atoms with Gasteiger partial charge in [0.25, 0.3) is 0 Å². The SMILES string of the molecule is CCOC(=O)c1c(C)[nH]c(C(=O)[C@@H](C)OC(=O)/C=C/c2ccc(Cl)cc2)c1C. The minimum atomic E-state index is -1.02. The first-order valence-electron chi connectivity index (χ1n) is 8.79. The van der Waals surface area contributed by atoms with Crippen LogP contribution in [-0.4, -0.2) is 35.4 Å². The Morgan fingerprint density at radius 1 is 1.18 bits per heavy atom. The number of Topliss-reactive ketones (excluding diaryl/α,β-unsaturated/α-hetero) is 1. The standard InChI is InChI=1S/C21H22ClNO5/c1-5-27-21(26)18-12(2)19(23-13(18)3)20(25)14(4)28-17(24)11-8-15-6-9-16(22)10-7-15/h6-11,14,23H,5H2,1-4H3/b11-8+/t14-/m1/s1. The van der Waals surface area contributed by atoms with Crippen molar-refractivity contribution in [3.8, 4) is 0 Å². The van der Waals surface area contributed by atoms with E-state index in [0.29, 0.717) is 21.8 Å². The molecule has 1 atom stereocenters. The van der Waals surface area contributed by atoms with E-state index in [1.807, 2.05) is 0 Å². The quantitative estimate of drug-likeness (QED) is 0.423. The molecule has 28 heavy (non-hydrogen) atoms. The molecule has 0 spiro atoms. The molecule has 0 saturated carbocycles. The number of carbonyl (C=O) groups excluding carboxylic acids is 3. The Bertz CT molecular complexity index is 912. The van der Waals surface area contributed by atoms with E-state index in [1.54, 1.807) is 51.1 Å². The number of aromatic nitrogens is 1.